The average molecular weight is 464 g/mol. The number of nitrogens with zero attached hydrogens (tertiary/aromatic N) is 4. The number of rotatable bonds is 3. The van der Waals surface area contributed by atoms with Crippen LogP contribution in [-0.2, 0) is 21.0 Å². The van der Waals surface area contributed by atoms with Crippen LogP contribution in [0, 0.1) is 25.5 Å². The van der Waals surface area contributed by atoms with Gasteiger partial charge in [0.1, 0.15) is 29.2 Å². The Morgan fingerprint density at radius 2 is 1.84 bits per heavy atom. The summed E-state index contributed by atoms with van der Waals surface area (Å²) in [5.41, 5.74) is -2.01. The number of alkyl halides is 3. The number of amides is 1. The molecule has 1 amide bonds. The van der Waals surface area contributed by atoms with Crippen LogP contribution in [0.5, 0.6) is 0 Å². The van der Waals surface area contributed by atoms with Gasteiger partial charge in [-0.25, -0.2) is 31.5 Å². The summed E-state index contributed by atoms with van der Waals surface area (Å²) in [6.07, 6.45) is -5.12. The number of aryl methyl sites for hydroxylation is 1. The second-order valence-corrected chi connectivity index (χ2v) is 8.94. The monoisotopic (exact) mass is 464 g/mol. The first-order valence-corrected chi connectivity index (χ1v) is 10.5. The summed E-state index contributed by atoms with van der Waals surface area (Å²) in [6, 6.07) is 0.943. The van der Waals surface area contributed by atoms with Gasteiger partial charge in [-0.15, -0.1) is 0 Å². The van der Waals surface area contributed by atoms with Gasteiger partial charge in [-0.2, -0.15) is 13.2 Å². The molecule has 2 heterocycles. The van der Waals surface area contributed by atoms with Gasteiger partial charge in [-0.1, -0.05) is 0 Å². The van der Waals surface area contributed by atoms with Gasteiger partial charge in [0.2, 0.25) is 10.0 Å². The van der Waals surface area contributed by atoms with Gasteiger partial charge < -0.3 is 4.90 Å². The van der Waals surface area contributed by atoms with Crippen molar-refractivity contribution in [2.24, 2.45) is 0 Å². The molecule has 1 atom stereocenters. The Balaban J connectivity index is 2.05. The predicted octanol–water partition coefficient (Wildman–Crippen LogP) is 2.96. The predicted molar refractivity (Wildman–Crippen MR) is 101 cm³/mol. The molecule has 2 aromatic rings. The number of carbonyl (C=O) groups excluding carboxylic acids is 1. The fourth-order valence-electron chi connectivity index (χ4n) is 3.25. The number of carbonyl (C=O) groups is 1. The number of hydrogen-bond donors (Lipinski definition) is 0. The molecule has 3 rings (SSSR count). The summed E-state index contributed by atoms with van der Waals surface area (Å²) in [5, 5.41) is 0. The molecule has 1 aromatic carbocycles. The maximum absolute atomic E-state index is 14.5. The summed E-state index contributed by atoms with van der Waals surface area (Å²) >= 11 is 0. The highest BCUT2D eigenvalue weighted by Crippen LogP contribution is 2.34. The summed E-state index contributed by atoms with van der Waals surface area (Å²) in [6.45, 7) is 2.32. The van der Waals surface area contributed by atoms with Crippen LogP contribution in [0.4, 0.5) is 33.5 Å². The number of hydrogen-bond acceptors (Lipinski definition) is 5. The quantitative estimate of drug-likeness (QED) is 0.653. The Hall–Kier alpha value is -2.83. The molecule has 0 N–H and O–H groups in total. The summed E-state index contributed by atoms with van der Waals surface area (Å²) in [7, 11) is -3.02. The number of benzene rings is 1. The average Bonchev–Trinajstić information content (AvgIpc) is 2.99. The lowest BCUT2D eigenvalue weighted by Gasteiger charge is -2.28. The second kappa shape index (κ2) is 7.70. The van der Waals surface area contributed by atoms with Gasteiger partial charge in [-0.05, 0) is 32.4 Å². The van der Waals surface area contributed by atoms with Crippen molar-refractivity contribution >= 4 is 27.4 Å². The molecule has 0 spiro atoms. The van der Waals surface area contributed by atoms with Gasteiger partial charge in [0.05, 0.1) is 11.4 Å². The topological polar surface area (TPSA) is 83.5 Å². The molecule has 1 aliphatic heterocycles. The third-order valence-corrected chi connectivity index (χ3v) is 6.64. The zero-order chi connectivity index (χ0) is 23.3. The van der Waals surface area contributed by atoms with Crippen molar-refractivity contribution in [2.75, 3.05) is 22.0 Å². The van der Waals surface area contributed by atoms with Gasteiger partial charge in [0.25, 0.3) is 5.91 Å². The molecule has 7 nitrogen and oxygen atoms in total. The van der Waals surface area contributed by atoms with Crippen molar-refractivity contribution in [3.8, 4) is 0 Å². The minimum absolute atomic E-state index is 0.252. The highest BCUT2D eigenvalue weighted by atomic mass is 32.2. The van der Waals surface area contributed by atoms with Crippen LogP contribution >= 0.6 is 0 Å². The molecule has 1 aromatic heterocycles. The Morgan fingerprint density at radius 1 is 1.19 bits per heavy atom. The van der Waals surface area contributed by atoms with Crippen molar-refractivity contribution in [1.29, 1.82) is 0 Å². The minimum Gasteiger partial charge on any atom is -0.311 e. The van der Waals surface area contributed by atoms with Crippen LogP contribution < -0.4 is 9.21 Å². The van der Waals surface area contributed by atoms with E-state index in [1.165, 1.54) is 6.92 Å². The Labute approximate surface area is 174 Å². The molecule has 0 radical (unpaired) electrons. The van der Waals surface area contributed by atoms with Crippen LogP contribution in [0.1, 0.15) is 23.5 Å². The summed E-state index contributed by atoms with van der Waals surface area (Å²) in [5.74, 6) is -4.22. The maximum Gasteiger partial charge on any atom is 0.433 e. The molecule has 0 bridgehead atoms. The van der Waals surface area contributed by atoms with Crippen molar-refractivity contribution in [3.63, 3.8) is 0 Å². The van der Waals surface area contributed by atoms with E-state index in [-0.39, 0.29) is 23.5 Å². The standard InChI is InChI=1S/C18H17F5N4O3S/c1-9-11(19)4-5-12(16(9)20)26(3)17(28)13-6-7-31(29,30)27(13)15-8-14(18(21,22)23)24-10(2)25-15/h4-5,8,13H,6-7H2,1-3H3/t13-/m0/s1. The smallest absolute Gasteiger partial charge is 0.311 e. The molecule has 1 aliphatic rings. The highest BCUT2D eigenvalue weighted by molar-refractivity contribution is 7.93. The van der Waals surface area contributed by atoms with Crippen LogP contribution in [0.3, 0.4) is 0 Å². The Morgan fingerprint density at radius 3 is 2.45 bits per heavy atom. The van der Waals surface area contributed by atoms with E-state index >= 15 is 0 Å². The maximum atomic E-state index is 14.5. The first-order chi connectivity index (χ1) is 14.2. The number of aromatic nitrogens is 2. The minimum atomic E-state index is -4.86. The fraction of sp³-hybridized carbons (Fsp3) is 0.389. The van der Waals surface area contributed by atoms with Gasteiger partial charge in [0, 0.05) is 18.7 Å². The third-order valence-electron chi connectivity index (χ3n) is 4.85. The van der Waals surface area contributed by atoms with E-state index in [0.717, 1.165) is 31.0 Å². The van der Waals surface area contributed by atoms with E-state index in [1.54, 1.807) is 0 Å². The molecule has 1 saturated heterocycles. The second-order valence-electron chi connectivity index (χ2n) is 6.98. The van der Waals surface area contributed by atoms with Crippen LogP contribution in [-0.4, -0.2) is 43.1 Å². The number of halogens is 5. The lowest BCUT2D eigenvalue weighted by atomic mass is 10.1. The molecule has 0 aliphatic carbocycles. The van der Waals surface area contributed by atoms with Crippen molar-refractivity contribution in [3.05, 3.63) is 46.9 Å². The SMILES string of the molecule is Cc1nc(N2[C@H](C(=O)N(C)c3ccc(F)c(C)c3F)CCS2(=O)=O)cc(C(F)(F)F)n1. The number of sulfonamides is 1. The summed E-state index contributed by atoms with van der Waals surface area (Å²) < 4.78 is 93.1. The molecular weight excluding hydrogens is 447 g/mol. The normalized spacial score (nSPS) is 18.3. The first kappa shape index (κ1) is 22.8. The fourth-order valence-corrected chi connectivity index (χ4v) is 4.93. The Kier molecular flexibility index (Phi) is 5.67. The first-order valence-electron chi connectivity index (χ1n) is 8.91. The van der Waals surface area contributed by atoms with E-state index in [9.17, 15) is 35.2 Å². The van der Waals surface area contributed by atoms with Crippen LogP contribution in [0.25, 0.3) is 0 Å². The van der Waals surface area contributed by atoms with E-state index in [2.05, 4.69) is 9.97 Å². The third kappa shape index (κ3) is 4.18. The van der Waals surface area contributed by atoms with Crippen molar-refractivity contribution in [1.82, 2.24) is 9.97 Å². The van der Waals surface area contributed by atoms with Gasteiger partial charge in [-0.3, -0.25) is 4.79 Å². The molecular formula is C18H17F5N4O3S. The van der Waals surface area contributed by atoms with E-state index in [0.29, 0.717) is 10.4 Å². The highest BCUT2D eigenvalue weighted by Gasteiger charge is 2.45. The number of likely N-dealkylation sites (N-methyl/N-ethyl adjacent to an activating group) is 1. The van der Waals surface area contributed by atoms with Crippen LogP contribution in [0.15, 0.2) is 18.2 Å². The van der Waals surface area contributed by atoms with Gasteiger partial charge >= 0.3 is 6.18 Å². The lowest BCUT2D eigenvalue weighted by molar-refractivity contribution is -0.141. The largest absolute Gasteiger partial charge is 0.433 e. The molecule has 13 heteroatoms. The van der Waals surface area contributed by atoms with Gasteiger partial charge in [0.15, 0.2) is 5.82 Å². The molecule has 31 heavy (non-hydrogen) atoms. The van der Waals surface area contributed by atoms with Crippen molar-refractivity contribution < 1.29 is 35.2 Å². The molecule has 0 saturated carbocycles. The lowest BCUT2D eigenvalue weighted by Crippen LogP contribution is -2.46. The number of anilines is 2. The van der Waals surface area contributed by atoms with E-state index in [1.807, 2.05) is 0 Å². The molecule has 0 unspecified atom stereocenters. The zero-order valence-corrected chi connectivity index (χ0v) is 17.4. The van der Waals surface area contributed by atoms with Crippen molar-refractivity contribution in [2.45, 2.75) is 32.5 Å². The summed E-state index contributed by atoms with van der Waals surface area (Å²) in [4.78, 5) is 20.9. The Bertz CT molecular complexity index is 1150. The zero-order valence-electron chi connectivity index (χ0n) is 16.5. The van der Waals surface area contributed by atoms with E-state index < -0.39 is 57.0 Å². The van der Waals surface area contributed by atoms with E-state index in [4.69, 9.17) is 0 Å². The van der Waals surface area contributed by atoms with Crippen LogP contribution in [0.2, 0.25) is 0 Å². The molecule has 1 fully saturated rings. The molecule has 168 valence electrons.